The minimum absolute atomic E-state index is 0.248. The SMILES string of the molecule is CCN(CC)c1ccc(NC2=C(c3ccccc3)C(=O)N(CCN3CCOCC3)C2=O)cc1. The lowest BCUT2D eigenvalue weighted by atomic mass is 10.0. The molecule has 0 atom stereocenters. The summed E-state index contributed by atoms with van der Waals surface area (Å²) < 4.78 is 5.40. The number of amides is 2. The fourth-order valence-electron chi connectivity index (χ4n) is 4.32. The van der Waals surface area contributed by atoms with Gasteiger partial charge in [0.05, 0.1) is 18.8 Å². The van der Waals surface area contributed by atoms with Crippen molar-refractivity contribution in [2.75, 3.05) is 62.7 Å². The standard InChI is InChI=1S/C26H32N4O3/c1-3-29(4-2)22-12-10-21(11-13-22)27-24-23(20-8-6-5-7-9-20)25(31)30(26(24)32)15-14-28-16-18-33-19-17-28/h5-13,27H,3-4,14-19H2,1-2H3. The molecule has 2 aromatic rings. The summed E-state index contributed by atoms with van der Waals surface area (Å²) in [7, 11) is 0. The Labute approximate surface area is 195 Å². The number of hydrogen-bond donors (Lipinski definition) is 1. The number of anilines is 2. The molecule has 1 fully saturated rings. The van der Waals surface area contributed by atoms with Crippen LogP contribution in [0.25, 0.3) is 5.57 Å². The molecule has 1 N–H and O–H groups in total. The molecule has 2 heterocycles. The van der Waals surface area contributed by atoms with Gasteiger partial charge >= 0.3 is 0 Å². The van der Waals surface area contributed by atoms with Gasteiger partial charge in [-0.25, -0.2) is 0 Å². The van der Waals surface area contributed by atoms with E-state index in [4.69, 9.17) is 4.74 Å². The Hall–Kier alpha value is -3.16. The van der Waals surface area contributed by atoms with Gasteiger partial charge in [-0.2, -0.15) is 0 Å². The Bertz CT molecular complexity index is 994. The first-order chi connectivity index (χ1) is 16.1. The second-order valence-electron chi connectivity index (χ2n) is 8.18. The lowest BCUT2D eigenvalue weighted by Gasteiger charge is -2.28. The molecule has 0 aromatic heterocycles. The molecule has 2 aromatic carbocycles. The monoisotopic (exact) mass is 448 g/mol. The van der Waals surface area contributed by atoms with Crippen molar-refractivity contribution in [3.05, 3.63) is 65.9 Å². The van der Waals surface area contributed by atoms with Crippen LogP contribution in [0.3, 0.4) is 0 Å². The molecular weight excluding hydrogens is 416 g/mol. The fraction of sp³-hybridized carbons (Fsp3) is 0.385. The van der Waals surface area contributed by atoms with Crippen LogP contribution in [0.15, 0.2) is 60.3 Å². The number of carbonyl (C=O) groups excluding carboxylic acids is 2. The van der Waals surface area contributed by atoms with E-state index in [1.54, 1.807) is 0 Å². The van der Waals surface area contributed by atoms with E-state index in [9.17, 15) is 9.59 Å². The number of carbonyl (C=O) groups is 2. The van der Waals surface area contributed by atoms with Gasteiger partial charge in [0.15, 0.2) is 0 Å². The van der Waals surface area contributed by atoms with Crippen molar-refractivity contribution in [2.24, 2.45) is 0 Å². The Morgan fingerprint density at radius 3 is 2.18 bits per heavy atom. The highest BCUT2D eigenvalue weighted by Gasteiger charge is 2.39. The molecule has 2 aliphatic heterocycles. The highest BCUT2D eigenvalue weighted by molar-refractivity contribution is 6.36. The zero-order chi connectivity index (χ0) is 23.2. The molecule has 0 aliphatic carbocycles. The number of morpholine rings is 1. The third kappa shape index (κ3) is 5.10. The maximum atomic E-state index is 13.4. The van der Waals surface area contributed by atoms with Crippen molar-refractivity contribution in [3.8, 4) is 0 Å². The molecular formula is C26H32N4O3. The first-order valence-corrected chi connectivity index (χ1v) is 11.7. The lowest BCUT2D eigenvalue weighted by Crippen LogP contribution is -2.43. The van der Waals surface area contributed by atoms with Gasteiger partial charge in [0.1, 0.15) is 5.70 Å². The summed E-state index contributed by atoms with van der Waals surface area (Å²) in [5.41, 5.74) is 3.42. The molecule has 1 saturated heterocycles. The Balaban J connectivity index is 1.57. The molecule has 0 saturated carbocycles. The van der Waals surface area contributed by atoms with E-state index in [1.165, 1.54) is 4.90 Å². The largest absolute Gasteiger partial charge is 0.379 e. The number of imide groups is 1. The maximum Gasteiger partial charge on any atom is 0.278 e. The van der Waals surface area contributed by atoms with Crippen molar-refractivity contribution < 1.29 is 14.3 Å². The smallest absolute Gasteiger partial charge is 0.278 e. The third-order valence-corrected chi connectivity index (χ3v) is 6.24. The third-order valence-electron chi connectivity index (χ3n) is 6.24. The van der Waals surface area contributed by atoms with E-state index in [2.05, 4.69) is 29.0 Å². The molecule has 0 bridgehead atoms. The summed E-state index contributed by atoms with van der Waals surface area (Å²) in [6.07, 6.45) is 0. The van der Waals surface area contributed by atoms with Crippen LogP contribution >= 0.6 is 0 Å². The van der Waals surface area contributed by atoms with Crippen LogP contribution in [-0.4, -0.2) is 74.1 Å². The van der Waals surface area contributed by atoms with Gasteiger partial charge in [-0.05, 0) is 43.7 Å². The number of rotatable bonds is 9. The second kappa shape index (κ2) is 10.6. The van der Waals surface area contributed by atoms with Crippen LogP contribution in [0.5, 0.6) is 0 Å². The Kier molecular flexibility index (Phi) is 7.42. The van der Waals surface area contributed by atoms with Gasteiger partial charge < -0.3 is 15.0 Å². The average Bonchev–Trinajstić information content (AvgIpc) is 3.09. The molecule has 7 heteroatoms. The predicted molar refractivity (Wildman–Crippen MR) is 131 cm³/mol. The number of ether oxygens (including phenoxy) is 1. The maximum absolute atomic E-state index is 13.4. The highest BCUT2D eigenvalue weighted by atomic mass is 16.5. The lowest BCUT2D eigenvalue weighted by molar-refractivity contribution is -0.137. The minimum Gasteiger partial charge on any atom is -0.379 e. The van der Waals surface area contributed by atoms with E-state index in [0.717, 1.165) is 43.1 Å². The highest BCUT2D eigenvalue weighted by Crippen LogP contribution is 2.31. The van der Waals surface area contributed by atoms with Gasteiger partial charge in [-0.1, -0.05) is 30.3 Å². The van der Waals surface area contributed by atoms with Crippen molar-refractivity contribution in [1.29, 1.82) is 0 Å². The van der Waals surface area contributed by atoms with Gasteiger partial charge in [0, 0.05) is 50.6 Å². The summed E-state index contributed by atoms with van der Waals surface area (Å²) in [5, 5.41) is 3.26. The first-order valence-electron chi connectivity index (χ1n) is 11.7. The van der Waals surface area contributed by atoms with Crippen LogP contribution in [0.2, 0.25) is 0 Å². The van der Waals surface area contributed by atoms with Crippen molar-refractivity contribution in [3.63, 3.8) is 0 Å². The van der Waals surface area contributed by atoms with Gasteiger partial charge in [0.25, 0.3) is 11.8 Å². The predicted octanol–water partition coefficient (Wildman–Crippen LogP) is 3.06. The zero-order valence-electron chi connectivity index (χ0n) is 19.4. The fourth-order valence-corrected chi connectivity index (χ4v) is 4.32. The van der Waals surface area contributed by atoms with E-state index in [1.807, 2.05) is 54.6 Å². The number of hydrogen-bond acceptors (Lipinski definition) is 6. The van der Waals surface area contributed by atoms with Crippen LogP contribution < -0.4 is 10.2 Å². The van der Waals surface area contributed by atoms with Crippen LogP contribution in [-0.2, 0) is 14.3 Å². The van der Waals surface area contributed by atoms with Crippen molar-refractivity contribution >= 4 is 28.8 Å². The van der Waals surface area contributed by atoms with Gasteiger partial charge in [-0.15, -0.1) is 0 Å². The number of benzene rings is 2. The molecule has 4 rings (SSSR count). The molecule has 0 spiro atoms. The first kappa shape index (κ1) is 23.0. The molecule has 0 unspecified atom stereocenters. The molecule has 2 aliphatic rings. The summed E-state index contributed by atoms with van der Waals surface area (Å²) >= 11 is 0. The van der Waals surface area contributed by atoms with Crippen molar-refractivity contribution in [2.45, 2.75) is 13.8 Å². The molecule has 0 radical (unpaired) electrons. The number of nitrogens with zero attached hydrogens (tertiary/aromatic N) is 3. The van der Waals surface area contributed by atoms with E-state index < -0.39 is 0 Å². The zero-order valence-corrected chi connectivity index (χ0v) is 19.4. The summed E-state index contributed by atoms with van der Waals surface area (Å²) in [6.45, 7) is 10.1. The summed E-state index contributed by atoms with van der Waals surface area (Å²) in [4.78, 5) is 32.6. The Morgan fingerprint density at radius 2 is 1.55 bits per heavy atom. The minimum atomic E-state index is -0.278. The van der Waals surface area contributed by atoms with Crippen LogP contribution in [0.1, 0.15) is 19.4 Å². The number of nitrogens with one attached hydrogen (secondary N) is 1. The molecule has 174 valence electrons. The normalized spacial score (nSPS) is 17.1. The van der Waals surface area contributed by atoms with E-state index >= 15 is 0 Å². The second-order valence-corrected chi connectivity index (χ2v) is 8.18. The summed E-state index contributed by atoms with van der Waals surface area (Å²) in [5.74, 6) is -0.526. The quantitative estimate of drug-likeness (QED) is 0.595. The average molecular weight is 449 g/mol. The van der Waals surface area contributed by atoms with Crippen LogP contribution in [0.4, 0.5) is 11.4 Å². The van der Waals surface area contributed by atoms with Crippen molar-refractivity contribution in [1.82, 2.24) is 9.80 Å². The topological polar surface area (TPSA) is 65.1 Å². The van der Waals surface area contributed by atoms with Gasteiger partial charge in [0.2, 0.25) is 0 Å². The van der Waals surface area contributed by atoms with E-state index in [-0.39, 0.29) is 11.8 Å². The van der Waals surface area contributed by atoms with Gasteiger partial charge in [-0.3, -0.25) is 19.4 Å². The molecule has 7 nitrogen and oxygen atoms in total. The van der Waals surface area contributed by atoms with E-state index in [0.29, 0.717) is 37.6 Å². The summed E-state index contributed by atoms with van der Waals surface area (Å²) in [6, 6.07) is 17.4. The van der Waals surface area contributed by atoms with Crippen LogP contribution in [0, 0.1) is 0 Å². The molecule has 33 heavy (non-hydrogen) atoms. The Morgan fingerprint density at radius 1 is 0.879 bits per heavy atom. The molecule has 2 amide bonds.